The summed E-state index contributed by atoms with van der Waals surface area (Å²) >= 11 is 0. The van der Waals surface area contributed by atoms with Crippen molar-refractivity contribution in [3.8, 4) is 0 Å². The summed E-state index contributed by atoms with van der Waals surface area (Å²) in [6.07, 6.45) is 7.67. The number of hydrogen-bond donors (Lipinski definition) is 0. The van der Waals surface area contributed by atoms with Crippen molar-refractivity contribution in [1.29, 1.82) is 0 Å². The van der Waals surface area contributed by atoms with E-state index >= 15 is 0 Å². The molecule has 2 rings (SSSR count). The molecule has 0 atom stereocenters. The fraction of sp³-hybridized carbons (Fsp3) is 0.143. The van der Waals surface area contributed by atoms with Crippen molar-refractivity contribution in [3.05, 3.63) is 23.8 Å². The van der Waals surface area contributed by atoms with Gasteiger partial charge in [-0.05, 0) is 11.6 Å². The number of allylic oxidation sites excluding steroid dienone is 3. The van der Waals surface area contributed by atoms with Crippen molar-refractivity contribution < 1.29 is 0 Å². The van der Waals surface area contributed by atoms with Crippen molar-refractivity contribution in [2.45, 2.75) is 0 Å². The molecule has 0 aromatic carbocycles. The minimum absolute atomic E-state index is 0.797. The van der Waals surface area contributed by atoms with Gasteiger partial charge >= 0.3 is 0 Å². The first-order valence-electron chi connectivity index (χ1n) is 2.90. The lowest BCUT2D eigenvalue weighted by molar-refractivity contribution is 1.19. The Morgan fingerprint density at radius 3 is 3.33 bits per heavy atom. The van der Waals surface area contributed by atoms with Crippen LogP contribution in [0, 0.1) is 0 Å². The summed E-state index contributed by atoms with van der Waals surface area (Å²) in [6.45, 7) is 0.797. The fourth-order valence-corrected chi connectivity index (χ4v) is 0.950. The van der Waals surface area contributed by atoms with E-state index in [9.17, 15) is 0 Å². The van der Waals surface area contributed by atoms with Crippen LogP contribution in [-0.4, -0.2) is 18.6 Å². The van der Waals surface area contributed by atoms with Gasteiger partial charge in [-0.3, -0.25) is 4.99 Å². The van der Waals surface area contributed by atoms with E-state index in [0.29, 0.717) is 0 Å². The van der Waals surface area contributed by atoms with Crippen LogP contribution in [0.1, 0.15) is 0 Å². The van der Waals surface area contributed by atoms with E-state index in [0.717, 1.165) is 12.3 Å². The average Bonchev–Trinajstić information content (AvgIpc) is 2.33. The summed E-state index contributed by atoms with van der Waals surface area (Å²) in [5, 5.41) is 0. The van der Waals surface area contributed by atoms with Gasteiger partial charge in [-0.2, -0.15) is 0 Å². The molecule has 0 aromatic heterocycles. The highest BCUT2D eigenvalue weighted by Gasteiger charge is 2.08. The Morgan fingerprint density at radius 1 is 1.44 bits per heavy atom. The Kier molecular flexibility index (Phi) is 0.859. The molecule has 2 aliphatic rings. The second-order valence-corrected chi connectivity index (χ2v) is 2.02. The zero-order valence-electron chi connectivity index (χ0n) is 4.91. The molecule has 0 saturated carbocycles. The molecule has 2 nitrogen and oxygen atoms in total. The van der Waals surface area contributed by atoms with Crippen molar-refractivity contribution in [3.63, 3.8) is 0 Å². The van der Waals surface area contributed by atoms with Crippen molar-refractivity contribution >= 4 is 12.1 Å². The van der Waals surface area contributed by atoms with Crippen LogP contribution >= 0.6 is 0 Å². The lowest BCUT2D eigenvalue weighted by atomic mass is 10.2. The van der Waals surface area contributed by atoms with Crippen molar-refractivity contribution in [1.82, 2.24) is 0 Å². The Labute approximate surface area is 53.3 Å². The van der Waals surface area contributed by atoms with E-state index in [-0.39, 0.29) is 0 Å². The number of aliphatic imine (C=N–C) groups is 2. The molecule has 0 N–H and O–H groups in total. The van der Waals surface area contributed by atoms with Gasteiger partial charge in [0, 0.05) is 0 Å². The van der Waals surface area contributed by atoms with Crippen LogP contribution in [-0.2, 0) is 0 Å². The molecule has 1 aliphatic heterocycles. The van der Waals surface area contributed by atoms with E-state index in [2.05, 4.69) is 16.1 Å². The average molecular weight is 118 g/mol. The zero-order chi connectivity index (χ0) is 6.10. The molecule has 1 aliphatic carbocycles. The quantitative estimate of drug-likeness (QED) is 0.452. The smallest absolute Gasteiger partial charge is 0.110 e. The second-order valence-electron chi connectivity index (χ2n) is 2.02. The van der Waals surface area contributed by atoms with Crippen LogP contribution in [0.25, 0.3) is 0 Å². The van der Waals surface area contributed by atoms with Crippen LogP contribution < -0.4 is 0 Å². The predicted molar refractivity (Wildman–Crippen MR) is 38.0 cm³/mol. The van der Waals surface area contributed by atoms with Gasteiger partial charge in [-0.15, -0.1) is 0 Å². The molecule has 0 fully saturated rings. The summed E-state index contributed by atoms with van der Waals surface area (Å²) in [4.78, 5) is 8.06. The number of rotatable bonds is 0. The monoisotopic (exact) mass is 118 g/mol. The van der Waals surface area contributed by atoms with Gasteiger partial charge in [0.15, 0.2) is 0 Å². The molecule has 0 saturated heterocycles. The Morgan fingerprint density at radius 2 is 2.44 bits per heavy atom. The third kappa shape index (κ3) is 0.633. The summed E-state index contributed by atoms with van der Waals surface area (Å²) in [5.41, 5.74) is 2.31. The van der Waals surface area contributed by atoms with E-state index < -0.39 is 0 Å². The molecule has 0 aromatic rings. The number of hydrogen-bond acceptors (Lipinski definition) is 2. The van der Waals surface area contributed by atoms with Crippen LogP contribution in [0.2, 0.25) is 0 Å². The van der Waals surface area contributed by atoms with Gasteiger partial charge in [0.25, 0.3) is 0 Å². The Balaban J connectivity index is 2.46. The minimum atomic E-state index is 0.797. The molecule has 0 spiro atoms. The Hall–Kier alpha value is -1.18. The largest absolute Gasteiger partial charge is 0.269 e. The third-order valence-electron chi connectivity index (χ3n) is 1.42. The second kappa shape index (κ2) is 1.65. The summed E-state index contributed by atoms with van der Waals surface area (Å²) < 4.78 is 0. The summed E-state index contributed by atoms with van der Waals surface area (Å²) in [6, 6.07) is 0. The highest BCUT2D eigenvalue weighted by atomic mass is 14.9. The summed E-state index contributed by atoms with van der Waals surface area (Å²) in [5.74, 6) is 0. The first-order chi connectivity index (χ1) is 4.47. The molecule has 0 radical (unpaired) electrons. The molecular formula is C7H6N2. The predicted octanol–water partition coefficient (Wildman–Crippen LogP) is 0.966. The molecular weight excluding hydrogens is 112 g/mol. The van der Waals surface area contributed by atoms with Gasteiger partial charge in [0.05, 0.1) is 12.3 Å². The maximum absolute atomic E-state index is 4.06. The molecule has 0 bridgehead atoms. The molecule has 0 unspecified atom stereocenters. The zero-order valence-corrected chi connectivity index (χ0v) is 4.91. The van der Waals surface area contributed by atoms with Crippen LogP contribution in [0.3, 0.4) is 0 Å². The number of nitrogens with zero attached hydrogens (tertiary/aromatic N) is 2. The van der Waals surface area contributed by atoms with E-state index in [1.807, 2.05) is 12.2 Å². The molecule has 44 valence electrons. The fourth-order valence-electron chi connectivity index (χ4n) is 0.950. The van der Waals surface area contributed by atoms with Gasteiger partial charge < -0.3 is 0 Å². The van der Waals surface area contributed by atoms with Crippen LogP contribution in [0.5, 0.6) is 0 Å². The molecule has 9 heavy (non-hydrogen) atoms. The lowest BCUT2D eigenvalue weighted by Gasteiger charge is -2.01. The first-order valence-corrected chi connectivity index (χ1v) is 2.90. The standard InChI is InChI=1S/C7H6N2/c1-2-6-4-8-5-9-7(6)3-1/h1-3,5H,4H2. The molecule has 0 amide bonds. The number of fused-ring (bicyclic) bond motifs is 1. The van der Waals surface area contributed by atoms with Crippen molar-refractivity contribution in [2.24, 2.45) is 9.98 Å². The highest BCUT2D eigenvalue weighted by molar-refractivity contribution is 6.14. The van der Waals surface area contributed by atoms with E-state index in [1.54, 1.807) is 6.34 Å². The van der Waals surface area contributed by atoms with Crippen molar-refractivity contribution in [2.75, 3.05) is 6.54 Å². The normalized spacial score (nSPS) is 21.3. The topological polar surface area (TPSA) is 24.7 Å². The van der Waals surface area contributed by atoms with E-state index in [1.165, 1.54) is 5.57 Å². The summed E-state index contributed by atoms with van der Waals surface area (Å²) in [7, 11) is 0. The maximum atomic E-state index is 4.06. The SMILES string of the molecule is C1=CC2=NC=NCC2=C1. The third-order valence-corrected chi connectivity index (χ3v) is 1.42. The Bertz CT molecular complexity index is 244. The van der Waals surface area contributed by atoms with Crippen LogP contribution in [0.4, 0.5) is 0 Å². The van der Waals surface area contributed by atoms with Gasteiger partial charge in [-0.25, -0.2) is 4.99 Å². The minimum Gasteiger partial charge on any atom is -0.269 e. The maximum Gasteiger partial charge on any atom is 0.110 e. The van der Waals surface area contributed by atoms with Gasteiger partial charge in [0.1, 0.15) is 6.34 Å². The van der Waals surface area contributed by atoms with Crippen LogP contribution in [0.15, 0.2) is 33.8 Å². The van der Waals surface area contributed by atoms with E-state index in [4.69, 9.17) is 0 Å². The van der Waals surface area contributed by atoms with Gasteiger partial charge in [-0.1, -0.05) is 12.2 Å². The van der Waals surface area contributed by atoms with Gasteiger partial charge in [0.2, 0.25) is 0 Å². The first kappa shape index (κ1) is 4.68. The molecule has 2 heteroatoms. The highest BCUT2D eigenvalue weighted by Crippen LogP contribution is 2.10. The lowest BCUT2D eigenvalue weighted by Crippen LogP contribution is -2.03. The molecule has 1 heterocycles.